The van der Waals surface area contributed by atoms with E-state index in [9.17, 15) is 4.79 Å². The van der Waals surface area contributed by atoms with Crippen LogP contribution in [0, 0.1) is 5.92 Å². The summed E-state index contributed by atoms with van der Waals surface area (Å²) >= 11 is 1.73. The summed E-state index contributed by atoms with van der Waals surface area (Å²) in [5.41, 5.74) is 7.96. The molecule has 28 heavy (non-hydrogen) atoms. The first-order valence-electron chi connectivity index (χ1n) is 9.70. The van der Waals surface area contributed by atoms with Crippen LogP contribution < -0.4 is 16.4 Å². The maximum atomic E-state index is 11.5. The average molecular weight is 400 g/mol. The van der Waals surface area contributed by atoms with E-state index >= 15 is 0 Å². The van der Waals surface area contributed by atoms with E-state index in [2.05, 4.69) is 62.3 Å². The Kier molecular flexibility index (Phi) is 7.45. The number of benzene rings is 1. The Labute approximate surface area is 170 Å². The quantitative estimate of drug-likeness (QED) is 0.493. The summed E-state index contributed by atoms with van der Waals surface area (Å²) in [5.74, 6) is 0.597. The van der Waals surface area contributed by atoms with Crippen molar-refractivity contribution in [3.8, 4) is 0 Å². The Bertz CT molecular complexity index is 790. The van der Waals surface area contributed by atoms with Gasteiger partial charge in [-0.05, 0) is 42.0 Å². The molecule has 1 aliphatic heterocycles. The van der Waals surface area contributed by atoms with Gasteiger partial charge in [-0.15, -0.1) is 11.3 Å². The summed E-state index contributed by atoms with van der Waals surface area (Å²) in [6.07, 6.45) is 1.94. The molecule has 1 aromatic heterocycles. The summed E-state index contributed by atoms with van der Waals surface area (Å²) in [6, 6.07) is 12.7. The zero-order valence-electron chi connectivity index (χ0n) is 16.4. The molecule has 1 aliphatic rings. The third-order valence-electron chi connectivity index (χ3n) is 5.00. The minimum absolute atomic E-state index is 0.0173. The molecule has 0 spiro atoms. The maximum Gasteiger partial charge on any atom is 0.221 e. The van der Waals surface area contributed by atoms with Crippen LogP contribution in [0.4, 0.5) is 0 Å². The van der Waals surface area contributed by atoms with Crippen LogP contribution in [0.15, 0.2) is 46.8 Å². The molecule has 7 heteroatoms. The molecule has 1 fully saturated rings. The van der Waals surface area contributed by atoms with E-state index in [0.29, 0.717) is 6.54 Å². The number of carbonyl (C=O) groups excluding carboxylic acids is 1. The second kappa shape index (κ2) is 10.2. The monoisotopic (exact) mass is 399 g/mol. The van der Waals surface area contributed by atoms with Crippen LogP contribution in [-0.2, 0) is 24.4 Å². The van der Waals surface area contributed by atoms with Crippen molar-refractivity contribution >= 4 is 23.2 Å². The molecule has 1 atom stereocenters. The molecule has 0 aliphatic carbocycles. The van der Waals surface area contributed by atoms with Gasteiger partial charge in [0.05, 0.1) is 12.5 Å². The number of carbonyl (C=O) groups is 1. The molecule has 6 nitrogen and oxygen atoms in total. The fraction of sp³-hybridized carbons (Fsp3) is 0.429. The maximum absolute atomic E-state index is 11.5. The van der Waals surface area contributed by atoms with Crippen LogP contribution in [0.5, 0.6) is 0 Å². The summed E-state index contributed by atoms with van der Waals surface area (Å²) in [7, 11) is 1.78. The van der Waals surface area contributed by atoms with Crippen molar-refractivity contribution in [3.05, 3.63) is 57.8 Å². The van der Waals surface area contributed by atoms with E-state index in [4.69, 9.17) is 5.73 Å². The van der Waals surface area contributed by atoms with E-state index in [-0.39, 0.29) is 11.8 Å². The Morgan fingerprint density at radius 3 is 2.82 bits per heavy atom. The number of piperidine rings is 1. The summed E-state index contributed by atoms with van der Waals surface area (Å²) in [5, 5.41) is 8.78. The number of nitrogens with zero attached hydrogens (tertiary/aromatic N) is 2. The Hall–Kier alpha value is -2.38. The van der Waals surface area contributed by atoms with Gasteiger partial charge in [0.25, 0.3) is 0 Å². The van der Waals surface area contributed by atoms with E-state index < -0.39 is 0 Å². The molecular weight excluding hydrogens is 370 g/mol. The zero-order valence-corrected chi connectivity index (χ0v) is 17.2. The van der Waals surface area contributed by atoms with Crippen molar-refractivity contribution in [1.29, 1.82) is 0 Å². The number of rotatable bonds is 7. The van der Waals surface area contributed by atoms with Gasteiger partial charge in [-0.3, -0.25) is 14.7 Å². The van der Waals surface area contributed by atoms with Gasteiger partial charge in [-0.1, -0.05) is 30.3 Å². The van der Waals surface area contributed by atoms with Crippen LogP contribution >= 0.6 is 11.3 Å². The van der Waals surface area contributed by atoms with Crippen molar-refractivity contribution in [1.82, 2.24) is 15.5 Å². The highest BCUT2D eigenvalue weighted by Crippen LogP contribution is 2.18. The van der Waals surface area contributed by atoms with Gasteiger partial charge in [0.15, 0.2) is 5.96 Å². The van der Waals surface area contributed by atoms with Crippen LogP contribution in [0.1, 0.15) is 28.8 Å². The molecule has 4 N–H and O–H groups in total. The van der Waals surface area contributed by atoms with E-state index in [1.807, 2.05) is 0 Å². The first-order valence-corrected chi connectivity index (χ1v) is 10.6. The fourth-order valence-corrected chi connectivity index (χ4v) is 4.16. The van der Waals surface area contributed by atoms with Crippen molar-refractivity contribution in [3.63, 3.8) is 0 Å². The van der Waals surface area contributed by atoms with E-state index in [1.54, 1.807) is 18.4 Å². The number of hydrogen-bond acceptors (Lipinski definition) is 4. The number of hydrogen-bond donors (Lipinski definition) is 3. The summed E-state index contributed by atoms with van der Waals surface area (Å²) in [6.45, 7) is 4.11. The van der Waals surface area contributed by atoms with Gasteiger partial charge in [-0.25, -0.2) is 0 Å². The SMILES string of the molecule is CN=C(NCc1cccc(CN2CCCC(C(N)=O)C2)c1)NCc1cccs1. The predicted molar refractivity (Wildman–Crippen MR) is 115 cm³/mol. The number of aliphatic imine (C=N–C) groups is 1. The third-order valence-corrected chi connectivity index (χ3v) is 5.88. The topological polar surface area (TPSA) is 82.8 Å². The van der Waals surface area contributed by atoms with Crippen molar-refractivity contribution < 1.29 is 4.79 Å². The minimum Gasteiger partial charge on any atom is -0.369 e. The average Bonchev–Trinajstić information content (AvgIpc) is 3.22. The fourth-order valence-electron chi connectivity index (χ4n) is 3.52. The van der Waals surface area contributed by atoms with Crippen molar-refractivity contribution in [2.45, 2.75) is 32.5 Å². The molecule has 3 rings (SSSR count). The molecule has 0 saturated carbocycles. The smallest absolute Gasteiger partial charge is 0.221 e. The molecule has 0 radical (unpaired) electrons. The van der Waals surface area contributed by atoms with Gasteiger partial charge < -0.3 is 16.4 Å². The second-order valence-electron chi connectivity index (χ2n) is 7.16. The van der Waals surface area contributed by atoms with Crippen LogP contribution in [-0.4, -0.2) is 36.9 Å². The van der Waals surface area contributed by atoms with Gasteiger partial charge in [0.2, 0.25) is 5.91 Å². The van der Waals surface area contributed by atoms with Crippen molar-refractivity contribution in [2.75, 3.05) is 20.1 Å². The Morgan fingerprint density at radius 2 is 2.07 bits per heavy atom. The van der Waals surface area contributed by atoms with E-state index in [0.717, 1.165) is 45.0 Å². The number of nitrogens with two attached hydrogens (primary N) is 1. The van der Waals surface area contributed by atoms with Gasteiger partial charge in [-0.2, -0.15) is 0 Å². The largest absolute Gasteiger partial charge is 0.369 e. The highest BCUT2D eigenvalue weighted by molar-refractivity contribution is 7.09. The molecular formula is C21H29N5OS. The zero-order chi connectivity index (χ0) is 19.8. The second-order valence-corrected chi connectivity index (χ2v) is 8.19. The lowest BCUT2D eigenvalue weighted by molar-refractivity contribution is -0.123. The lowest BCUT2D eigenvalue weighted by Gasteiger charge is -2.31. The molecule has 150 valence electrons. The first-order chi connectivity index (χ1) is 13.6. The highest BCUT2D eigenvalue weighted by Gasteiger charge is 2.23. The normalized spacial score (nSPS) is 18.0. The number of likely N-dealkylation sites (tertiary alicyclic amines) is 1. The molecule has 2 heterocycles. The summed E-state index contributed by atoms with van der Waals surface area (Å²) in [4.78, 5) is 19.4. The van der Waals surface area contributed by atoms with Gasteiger partial charge in [0, 0.05) is 31.6 Å². The molecule has 1 saturated heterocycles. The summed E-state index contributed by atoms with van der Waals surface area (Å²) < 4.78 is 0. The lowest BCUT2D eigenvalue weighted by Crippen LogP contribution is -2.40. The predicted octanol–water partition coefficient (Wildman–Crippen LogP) is 2.31. The minimum atomic E-state index is -0.177. The molecule has 1 aromatic carbocycles. The van der Waals surface area contributed by atoms with Crippen molar-refractivity contribution in [2.24, 2.45) is 16.6 Å². The highest BCUT2D eigenvalue weighted by atomic mass is 32.1. The van der Waals surface area contributed by atoms with Crippen LogP contribution in [0.25, 0.3) is 0 Å². The number of amides is 1. The number of primary amides is 1. The van der Waals surface area contributed by atoms with Crippen LogP contribution in [0.3, 0.4) is 0 Å². The standard InChI is InChI=1S/C21H29N5OS/c1-23-21(25-13-19-8-4-10-28-19)24-12-16-5-2-6-17(11-16)14-26-9-3-7-18(15-26)20(22)27/h2,4-6,8,10-11,18H,3,7,9,12-15H2,1H3,(H2,22,27)(H2,23,24,25). The third kappa shape index (κ3) is 6.07. The molecule has 1 amide bonds. The molecule has 2 aromatic rings. The first kappa shape index (κ1) is 20.4. The number of guanidine groups is 1. The molecule has 0 bridgehead atoms. The Morgan fingerprint density at radius 1 is 1.25 bits per heavy atom. The van der Waals surface area contributed by atoms with Gasteiger partial charge in [0.1, 0.15) is 0 Å². The van der Waals surface area contributed by atoms with Gasteiger partial charge >= 0.3 is 0 Å². The lowest BCUT2D eigenvalue weighted by atomic mass is 9.97. The number of thiophene rings is 1. The molecule has 1 unspecified atom stereocenters. The van der Waals surface area contributed by atoms with Crippen LogP contribution in [0.2, 0.25) is 0 Å². The Balaban J connectivity index is 1.50. The number of nitrogens with one attached hydrogen (secondary N) is 2. The van der Waals surface area contributed by atoms with E-state index in [1.165, 1.54) is 16.0 Å².